The fraction of sp³-hybridized carbons (Fsp3) is 0.0690. The monoisotopic (exact) mass is 815 g/mol. The molecule has 1 nitrogen and oxygen atoms in total. The van der Waals surface area contributed by atoms with Gasteiger partial charge in [-0.1, -0.05) is 245 Å². The zero-order valence-electron chi connectivity index (χ0n) is 35.0. The molecule has 0 aliphatic rings. The molecule has 10 rings (SSSR count). The third-order valence-corrected chi connectivity index (χ3v) is 22.4. The van der Waals surface area contributed by atoms with Crippen molar-refractivity contribution in [1.82, 2.24) is 4.98 Å². The van der Waals surface area contributed by atoms with Gasteiger partial charge in [0.15, 0.2) is 16.1 Å². The summed E-state index contributed by atoms with van der Waals surface area (Å²) in [4.78, 5) is 3.97. The molecule has 1 heterocycles. The average molecular weight is 816 g/mol. The van der Waals surface area contributed by atoms with E-state index < -0.39 is 16.1 Å². The molecule has 0 amide bonds. The summed E-state index contributed by atoms with van der Waals surface area (Å²) in [7, 11) is -5.83. The topological polar surface area (TPSA) is 15.8 Å². The summed E-state index contributed by atoms with van der Waals surface area (Å²) in [5, 5.41) is 13.5. The Kier molecular flexibility index (Phi) is 9.87. The summed E-state index contributed by atoms with van der Waals surface area (Å²) in [6.07, 6.45) is 0. The van der Waals surface area contributed by atoms with Crippen molar-refractivity contribution >= 4 is 79.4 Å². The second-order valence-corrected chi connectivity index (χ2v) is 24.9. The van der Waals surface area contributed by atoms with Gasteiger partial charge in [-0.15, -0.1) is 0 Å². The highest BCUT2D eigenvalue weighted by molar-refractivity contribution is 7.21. The Morgan fingerprint density at radius 3 is 1.15 bits per heavy atom. The maximum atomic E-state index is 3.97. The number of benzene rings is 9. The van der Waals surface area contributed by atoms with E-state index >= 15 is 0 Å². The van der Waals surface area contributed by atoms with Crippen LogP contribution in [0.5, 0.6) is 0 Å². The lowest BCUT2D eigenvalue weighted by molar-refractivity contribution is 0.592. The summed E-state index contributed by atoms with van der Waals surface area (Å²) < 4.78 is 0. The van der Waals surface area contributed by atoms with Gasteiger partial charge in [0, 0.05) is 21.8 Å². The molecule has 0 saturated heterocycles. The highest BCUT2D eigenvalue weighted by Crippen LogP contribution is 2.40. The third-order valence-electron chi connectivity index (χ3n) is 12.8. The van der Waals surface area contributed by atoms with Crippen LogP contribution in [0.25, 0.3) is 32.9 Å². The molecule has 0 saturated carbocycles. The van der Waals surface area contributed by atoms with Crippen molar-refractivity contribution < 1.29 is 0 Å². The quantitative estimate of drug-likeness (QED) is 0.111. The minimum atomic E-state index is -3.00. The van der Waals surface area contributed by atoms with Crippen molar-refractivity contribution in [2.24, 2.45) is 0 Å². The van der Waals surface area contributed by atoms with Crippen LogP contribution in [0.3, 0.4) is 0 Å². The van der Waals surface area contributed by atoms with Crippen LogP contribution in [-0.4, -0.2) is 21.1 Å². The van der Waals surface area contributed by atoms with E-state index in [1.54, 1.807) is 0 Å². The molecule has 0 atom stereocenters. The molecule has 10 aromatic rings. The molecule has 61 heavy (non-hydrogen) atoms. The molecule has 294 valence electrons. The standard InChI is InChI=1S/C58H49NSi2/c1-58(2,3)52-37-23-22-36-50(52)57-55(61(46-30-16-7-17-31-46,47-32-18-8-19-33-47)48-34-20-9-21-35-48)41-40-54-56(57)51-42-49(38-39-53(51)59-54)60(43-24-10-4-11-25-43,44-26-12-5-13-27-44)45-28-14-6-15-29-45/h4-42,59H,1-3H3. The number of fused-ring (bicyclic) bond motifs is 3. The van der Waals surface area contributed by atoms with Crippen molar-refractivity contribution in [3.8, 4) is 11.1 Å². The van der Waals surface area contributed by atoms with Crippen molar-refractivity contribution in [2.75, 3.05) is 0 Å². The van der Waals surface area contributed by atoms with E-state index in [9.17, 15) is 0 Å². The summed E-state index contributed by atoms with van der Waals surface area (Å²) in [6.45, 7) is 7.07. The zero-order valence-corrected chi connectivity index (χ0v) is 37.0. The van der Waals surface area contributed by atoms with Crippen LogP contribution < -0.4 is 41.5 Å². The van der Waals surface area contributed by atoms with Crippen LogP contribution in [0.4, 0.5) is 0 Å². The van der Waals surface area contributed by atoms with Gasteiger partial charge >= 0.3 is 0 Å². The first kappa shape index (κ1) is 38.4. The van der Waals surface area contributed by atoms with Gasteiger partial charge in [0.25, 0.3) is 0 Å². The Bertz CT molecular complexity index is 2890. The van der Waals surface area contributed by atoms with Gasteiger partial charge in [-0.05, 0) is 75.7 Å². The Labute approximate surface area is 362 Å². The molecule has 0 spiro atoms. The Hall–Kier alpha value is -6.79. The minimum absolute atomic E-state index is 0.111. The first-order valence-corrected chi connectivity index (χ1v) is 25.4. The lowest BCUT2D eigenvalue weighted by atomic mass is 9.81. The van der Waals surface area contributed by atoms with E-state index in [2.05, 4.69) is 262 Å². The largest absolute Gasteiger partial charge is 0.354 e. The van der Waals surface area contributed by atoms with Crippen molar-refractivity contribution in [2.45, 2.75) is 26.2 Å². The van der Waals surface area contributed by atoms with E-state index in [0.717, 1.165) is 11.0 Å². The number of aromatic amines is 1. The maximum Gasteiger partial charge on any atom is 0.180 e. The van der Waals surface area contributed by atoms with Gasteiger partial charge in [0.1, 0.15) is 0 Å². The number of rotatable bonds is 9. The molecule has 0 radical (unpaired) electrons. The first-order chi connectivity index (χ1) is 29.9. The van der Waals surface area contributed by atoms with E-state index in [0.29, 0.717) is 0 Å². The van der Waals surface area contributed by atoms with Gasteiger partial charge in [0.05, 0.1) is 0 Å². The normalized spacial score (nSPS) is 12.2. The van der Waals surface area contributed by atoms with Gasteiger partial charge < -0.3 is 4.98 Å². The molecule has 0 unspecified atom stereocenters. The lowest BCUT2D eigenvalue weighted by Crippen LogP contribution is -2.75. The highest BCUT2D eigenvalue weighted by Gasteiger charge is 2.45. The van der Waals surface area contributed by atoms with Crippen molar-refractivity contribution in [1.29, 1.82) is 0 Å². The van der Waals surface area contributed by atoms with Gasteiger partial charge in [-0.2, -0.15) is 0 Å². The zero-order chi connectivity index (χ0) is 41.4. The molecular weight excluding hydrogens is 767 g/mol. The van der Waals surface area contributed by atoms with Crippen LogP contribution >= 0.6 is 0 Å². The second kappa shape index (κ2) is 15.7. The molecule has 0 fully saturated rings. The van der Waals surface area contributed by atoms with E-state index in [1.165, 1.54) is 69.0 Å². The first-order valence-electron chi connectivity index (χ1n) is 21.4. The molecule has 0 bridgehead atoms. The van der Waals surface area contributed by atoms with Gasteiger partial charge in [0.2, 0.25) is 0 Å². The fourth-order valence-electron chi connectivity index (χ4n) is 10.3. The van der Waals surface area contributed by atoms with Crippen LogP contribution in [0.15, 0.2) is 237 Å². The Morgan fingerprint density at radius 2 is 0.721 bits per heavy atom. The number of nitrogens with one attached hydrogen (secondary N) is 1. The van der Waals surface area contributed by atoms with E-state index in [-0.39, 0.29) is 5.41 Å². The SMILES string of the molecule is CC(C)(C)c1ccccc1-c1c([Si](c2ccccc2)(c2ccccc2)c2ccccc2)ccc2[nH]c3ccc([Si](c4ccccc4)(c4ccccc4)c4ccccc4)cc3c12. The number of hydrogen-bond donors (Lipinski definition) is 1. The molecule has 1 aromatic heterocycles. The molecule has 3 heteroatoms. The molecule has 0 aliphatic carbocycles. The predicted octanol–water partition coefficient (Wildman–Crippen LogP) is 9.04. The summed E-state index contributed by atoms with van der Waals surface area (Å²) in [6, 6.07) is 89.3. The Morgan fingerprint density at radius 1 is 0.344 bits per heavy atom. The van der Waals surface area contributed by atoms with Crippen LogP contribution in [0.2, 0.25) is 0 Å². The summed E-state index contributed by atoms with van der Waals surface area (Å²) in [5.41, 5.74) is 6.14. The Balaban J connectivity index is 1.41. The number of H-pyrrole nitrogens is 1. The van der Waals surface area contributed by atoms with Crippen LogP contribution in [0.1, 0.15) is 26.3 Å². The summed E-state index contributed by atoms with van der Waals surface area (Å²) in [5.74, 6) is 0. The minimum Gasteiger partial charge on any atom is -0.354 e. The number of aromatic nitrogens is 1. The van der Waals surface area contributed by atoms with Crippen molar-refractivity contribution in [3.63, 3.8) is 0 Å². The molecule has 1 N–H and O–H groups in total. The number of hydrogen-bond acceptors (Lipinski definition) is 0. The highest BCUT2D eigenvalue weighted by atomic mass is 28.3. The molecular formula is C58H49NSi2. The predicted molar refractivity (Wildman–Crippen MR) is 267 cm³/mol. The summed E-state index contributed by atoms with van der Waals surface area (Å²) >= 11 is 0. The lowest BCUT2D eigenvalue weighted by Gasteiger charge is -2.37. The molecule has 9 aromatic carbocycles. The van der Waals surface area contributed by atoms with Crippen LogP contribution in [0, 0.1) is 0 Å². The molecule has 0 aliphatic heterocycles. The third kappa shape index (κ3) is 6.35. The fourth-order valence-corrected chi connectivity index (χ4v) is 20.0. The van der Waals surface area contributed by atoms with Crippen LogP contribution in [-0.2, 0) is 5.41 Å². The van der Waals surface area contributed by atoms with E-state index in [1.807, 2.05) is 0 Å². The van der Waals surface area contributed by atoms with Gasteiger partial charge in [-0.3, -0.25) is 0 Å². The smallest absolute Gasteiger partial charge is 0.180 e. The van der Waals surface area contributed by atoms with E-state index in [4.69, 9.17) is 0 Å². The van der Waals surface area contributed by atoms with Gasteiger partial charge in [-0.25, -0.2) is 0 Å². The average Bonchev–Trinajstić information content (AvgIpc) is 3.70. The second-order valence-electron chi connectivity index (χ2n) is 17.3. The maximum absolute atomic E-state index is 3.97. The van der Waals surface area contributed by atoms with Crippen molar-refractivity contribution in [3.05, 3.63) is 242 Å².